The lowest BCUT2D eigenvalue weighted by atomic mass is 9.66. The van der Waals surface area contributed by atoms with Crippen molar-refractivity contribution in [2.24, 2.45) is 11.1 Å². The molecule has 1 amide bonds. The van der Waals surface area contributed by atoms with E-state index in [1.54, 1.807) is 12.1 Å². The summed E-state index contributed by atoms with van der Waals surface area (Å²) in [4.78, 5) is 23.2. The van der Waals surface area contributed by atoms with E-state index in [0.717, 1.165) is 23.7 Å². The van der Waals surface area contributed by atoms with Crippen LogP contribution in [0.3, 0.4) is 0 Å². The standard InChI is InChI=1S/C14H17BrN2O3/c15-9-2-3-10(13(19)20)11(6-9)17-12(18)7-14(8-16)4-1-5-14/h2-3,6H,1,4-5,7-8,16H2,(H,17,18)(H,19,20). The number of hydrogen-bond donors (Lipinski definition) is 3. The molecule has 1 aliphatic rings. The normalized spacial score (nSPS) is 16.3. The number of carbonyl (C=O) groups is 2. The van der Waals surface area contributed by atoms with Crippen LogP contribution in [-0.4, -0.2) is 23.5 Å². The Balaban J connectivity index is 2.11. The van der Waals surface area contributed by atoms with Gasteiger partial charge < -0.3 is 16.2 Å². The summed E-state index contributed by atoms with van der Waals surface area (Å²) in [6.07, 6.45) is 3.36. The van der Waals surface area contributed by atoms with Crippen LogP contribution < -0.4 is 11.1 Å². The molecule has 4 N–H and O–H groups in total. The van der Waals surface area contributed by atoms with Gasteiger partial charge in [-0.05, 0) is 43.0 Å². The van der Waals surface area contributed by atoms with Crippen molar-refractivity contribution in [3.05, 3.63) is 28.2 Å². The summed E-state index contributed by atoms with van der Waals surface area (Å²) in [7, 11) is 0. The van der Waals surface area contributed by atoms with Crippen LogP contribution in [0.5, 0.6) is 0 Å². The predicted molar refractivity (Wildman–Crippen MR) is 79.7 cm³/mol. The molecule has 0 aromatic heterocycles. The van der Waals surface area contributed by atoms with Crippen molar-refractivity contribution in [2.75, 3.05) is 11.9 Å². The Morgan fingerprint density at radius 3 is 2.60 bits per heavy atom. The molecule has 0 atom stereocenters. The summed E-state index contributed by atoms with van der Waals surface area (Å²) in [5, 5.41) is 11.8. The van der Waals surface area contributed by atoms with Crippen molar-refractivity contribution in [1.29, 1.82) is 0 Å². The smallest absolute Gasteiger partial charge is 0.337 e. The van der Waals surface area contributed by atoms with Gasteiger partial charge in [0, 0.05) is 10.9 Å². The topological polar surface area (TPSA) is 92.4 Å². The molecule has 0 aliphatic heterocycles. The third-order valence-electron chi connectivity index (χ3n) is 3.87. The second-order valence-corrected chi connectivity index (χ2v) is 6.19. The molecule has 0 spiro atoms. The number of carboxylic acids is 1. The molecule has 1 aromatic rings. The molecule has 0 heterocycles. The van der Waals surface area contributed by atoms with Crippen LogP contribution in [0.25, 0.3) is 0 Å². The summed E-state index contributed by atoms with van der Waals surface area (Å²) in [5.41, 5.74) is 6.02. The van der Waals surface area contributed by atoms with Crippen molar-refractivity contribution in [3.8, 4) is 0 Å². The molecule has 5 nitrogen and oxygen atoms in total. The van der Waals surface area contributed by atoms with Crippen LogP contribution in [0.4, 0.5) is 5.69 Å². The largest absolute Gasteiger partial charge is 0.478 e. The minimum atomic E-state index is -1.06. The highest BCUT2D eigenvalue weighted by Gasteiger charge is 2.37. The van der Waals surface area contributed by atoms with E-state index >= 15 is 0 Å². The first-order valence-electron chi connectivity index (χ1n) is 6.48. The number of rotatable bonds is 5. The van der Waals surface area contributed by atoms with Crippen LogP contribution in [-0.2, 0) is 4.79 Å². The Morgan fingerprint density at radius 2 is 2.10 bits per heavy atom. The third-order valence-corrected chi connectivity index (χ3v) is 4.36. The molecular formula is C14H17BrN2O3. The average Bonchev–Trinajstić information content (AvgIpc) is 2.33. The number of nitrogens with one attached hydrogen (secondary N) is 1. The maximum absolute atomic E-state index is 12.1. The Labute approximate surface area is 125 Å². The molecular weight excluding hydrogens is 324 g/mol. The van der Waals surface area contributed by atoms with Crippen molar-refractivity contribution < 1.29 is 14.7 Å². The van der Waals surface area contributed by atoms with E-state index in [2.05, 4.69) is 21.2 Å². The maximum Gasteiger partial charge on any atom is 0.337 e. The lowest BCUT2D eigenvalue weighted by Crippen LogP contribution is -2.40. The summed E-state index contributed by atoms with van der Waals surface area (Å²) >= 11 is 3.27. The highest BCUT2D eigenvalue weighted by atomic mass is 79.9. The first-order chi connectivity index (χ1) is 9.46. The molecule has 1 saturated carbocycles. The van der Waals surface area contributed by atoms with E-state index in [4.69, 9.17) is 10.8 Å². The molecule has 0 radical (unpaired) electrons. The van der Waals surface area contributed by atoms with E-state index in [-0.39, 0.29) is 16.9 Å². The molecule has 0 unspecified atom stereocenters. The Kier molecular flexibility index (Phi) is 4.45. The predicted octanol–water partition coefficient (Wildman–Crippen LogP) is 2.60. The Morgan fingerprint density at radius 1 is 1.40 bits per heavy atom. The second kappa shape index (κ2) is 5.93. The fourth-order valence-corrected chi connectivity index (χ4v) is 2.83. The van der Waals surface area contributed by atoms with Gasteiger partial charge in [-0.15, -0.1) is 0 Å². The van der Waals surface area contributed by atoms with Crippen LogP contribution in [0, 0.1) is 5.41 Å². The van der Waals surface area contributed by atoms with Crippen LogP contribution in [0.1, 0.15) is 36.0 Å². The molecule has 6 heteroatoms. The van der Waals surface area contributed by atoms with Crippen molar-refractivity contribution >= 4 is 33.5 Å². The number of carboxylic acid groups (broad SMARTS) is 1. The summed E-state index contributed by atoms with van der Waals surface area (Å²) < 4.78 is 0.718. The average molecular weight is 341 g/mol. The SMILES string of the molecule is NCC1(CC(=O)Nc2cc(Br)ccc2C(=O)O)CCC1. The number of carbonyl (C=O) groups excluding carboxylic acids is 1. The number of benzene rings is 1. The molecule has 1 fully saturated rings. The van der Waals surface area contributed by atoms with Crippen molar-refractivity contribution in [1.82, 2.24) is 0 Å². The lowest BCUT2D eigenvalue weighted by molar-refractivity contribution is -0.119. The van der Waals surface area contributed by atoms with E-state index in [0.29, 0.717) is 18.7 Å². The monoisotopic (exact) mass is 340 g/mol. The first kappa shape index (κ1) is 15.0. The quantitative estimate of drug-likeness (QED) is 0.768. The highest BCUT2D eigenvalue weighted by Crippen LogP contribution is 2.43. The number of hydrogen-bond acceptors (Lipinski definition) is 3. The number of anilines is 1. The Bertz CT molecular complexity index is 536. The molecule has 0 saturated heterocycles. The van der Waals surface area contributed by atoms with E-state index < -0.39 is 5.97 Å². The fourth-order valence-electron chi connectivity index (χ4n) is 2.47. The zero-order valence-corrected chi connectivity index (χ0v) is 12.6. The van der Waals surface area contributed by atoms with Gasteiger partial charge in [-0.2, -0.15) is 0 Å². The molecule has 0 bridgehead atoms. The van der Waals surface area contributed by atoms with Crippen LogP contribution in [0.2, 0.25) is 0 Å². The van der Waals surface area contributed by atoms with Gasteiger partial charge in [-0.3, -0.25) is 4.79 Å². The molecule has 108 valence electrons. The van der Waals surface area contributed by atoms with E-state index in [1.807, 2.05) is 0 Å². The minimum absolute atomic E-state index is 0.0805. The summed E-state index contributed by atoms with van der Waals surface area (Å²) in [5.74, 6) is -1.25. The van der Waals surface area contributed by atoms with Gasteiger partial charge in [0.05, 0.1) is 11.3 Å². The van der Waals surface area contributed by atoms with Gasteiger partial charge in [0.2, 0.25) is 5.91 Å². The number of nitrogens with two attached hydrogens (primary N) is 1. The number of halogens is 1. The molecule has 20 heavy (non-hydrogen) atoms. The van der Waals surface area contributed by atoms with Gasteiger partial charge >= 0.3 is 5.97 Å². The molecule has 2 rings (SSSR count). The first-order valence-corrected chi connectivity index (χ1v) is 7.28. The second-order valence-electron chi connectivity index (χ2n) is 5.28. The third kappa shape index (κ3) is 3.19. The Hall–Kier alpha value is -1.40. The minimum Gasteiger partial charge on any atom is -0.478 e. The van der Waals surface area contributed by atoms with Gasteiger partial charge in [0.25, 0.3) is 0 Å². The summed E-state index contributed by atoms with van der Waals surface area (Å²) in [6.45, 7) is 0.491. The zero-order chi connectivity index (χ0) is 14.8. The van der Waals surface area contributed by atoms with Crippen LogP contribution >= 0.6 is 15.9 Å². The van der Waals surface area contributed by atoms with Gasteiger partial charge in [-0.25, -0.2) is 4.79 Å². The van der Waals surface area contributed by atoms with E-state index in [9.17, 15) is 9.59 Å². The maximum atomic E-state index is 12.1. The van der Waals surface area contributed by atoms with Gasteiger partial charge in [0.1, 0.15) is 0 Å². The fraction of sp³-hybridized carbons (Fsp3) is 0.429. The van der Waals surface area contributed by atoms with E-state index in [1.165, 1.54) is 6.07 Å². The van der Waals surface area contributed by atoms with Gasteiger partial charge in [0.15, 0.2) is 0 Å². The lowest BCUT2D eigenvalue weighted by Gasteiger charge is -2.40. The molecule has 1 aliphatic carbocycles. The number of aromatic carboxylic acids is 1. The van der Waals surface area contributed by atoms with Crippen LogP contribution in [0.15, 0.2) is 22.7 Å². The van der Waals surface area contributed by atoms with Gasteiger partial charge in [-0.1, -0.05) is 22.4 Å². The van der Waals surface area contributed by atoms with Crippen molar-refractivity contribution in [3.63, 3.8) is 0 Å². The molecule has 1 aromatic carbocycles. The highest BCUT2D eigenvalue weighted by molar-refractivity contribution is 9.10. The number of amides is 1. The summed E-state index contributed by atoms with van der Waals surface area (Å²) in [6, 6.07) is 4.69. The van der Waals surface area contributed by atoms with Crippen molar-refractivity contribution in [2.45, 2.75) is 25.7 Å². The zero-order valence-electron chi connectivity index (χ0n) is 11.0.